The number of anilines is 1. The van der Waals surface area contributed by atoms with Crippen LogP contribution in [0, 0.1) is 5.82 Å². The van der Waals surface area contributed by atoms with Crippen molar-refractivity contribution in [2.75, 3.05) is 11.4 Å². The molecule has 1 atom stereocenters. The number of nitrogens with one attached hydrogen (secondary N) is 1. The van der Waals surface area contributed by atoms with Crippen LogP contribution >= 0.6 is 0 Å². The van der Waals surface area contributed by atoms with Gasteiger partial charge in [0.25, 0.3) is 11.8 Å². The molecule has 30 heavy (non-hydrogen) atoms. The standard InChI is InChI=1S/C25H23FN2O2/c1-17(18-6-3-2-4-7-18)27-24(29)21-11-14-23-20(16-21)8-5-15-28(23)25(30)19-9-12-22(26)13-10-19/h2-4,6-7,9-14,16-17H,5,8,15H2,1H3,(H,27,29)/t17-/m0/s1. The first-order chi connectivity index (χ1) is 14.5. The molecule has 3 aromatic rings. The molecule has 0 radical (unpaired) electrons. The van der Waals surface area contributed by atoms with Gasteiger partial charge in [0, 0.05) is 23.4 Å². The van der Waals surface area contributed by atoms with Crippen molar-refractivity contribution in [2.24, 2.45) is 0 Å². The van der Waals surface area contributed by atoms with Gasteiger partial charge < -0.3 is 10.2 Å². The van der Waals surface area contributed by atoms with E-state index in [1.807, 2.05) is 49.4 Å². The molecule has 0 aromatic heterocycles. The topological polar surface area (TPSA) is 49.4 Å². The summed E-state index contributed by atoms with van der Waals surface area (Å²) in [6.45, 7) is 2.55. The molecule has 1 aliphatic rings. The van der Waals surface area contributed by atoms with Gasteiger partial charge in [-0.3, -0.25) is 9.59 Å². The third-order valence-corrected chi connectivity index (χ3v) is 5.44. The number of amides is 2. The van der Waals surface area contributed by atoms with Crippen molar-refractivity contribution in [3.63, 3.8) is 0 Å². The van der Waals surface area contributed by atoms with E-state index in [2.05, 4.69) is 5.32 Å². The quantitative estimate of drug-likeness (QED) is 0.674. The van der Waals surface area contributed by atoms with Gasteiger partial charge in [-0.15, -0.1) is 0 Å². The number of benzene rings is 3. The van der Waals surface area contributed by atoms with Crippen LogP contribution in [0.15, 0.2) is 72.8 Å². The van der Waals surface area contributed by atoms with Crippen molar-refractivity contribution < 1.29 is 14.0 Å². The van der Waals surface area contributed by atoms with Crippen LogP contribution in [0.4, 0.5) is 10.1 Å². The largest absolute Gasteiger partial charge is 0.346 e. The summed E-state index contributed by atoms with van der Waals surface area (Å²) in [6, 6.07) is 20.7. The Kier molecular flexibility index (Phi) is 5.61. The Hall–Kier alpha value is -3.47. The lowest BCUT2D eigenvalue weighted by Gasteiger charge is -2.30. The van der Waals surface area contributed by atoms with Gasteiger partial charge in [-0.2, -0.15) is 0 Å². The predicted molar refractivity (Wildman–Crippen MR) is 115 cm³/mol. The second-order valence-corrected chi connectivity index (χ2v) is 7.52. The summed E-state index contributed by atoms with van der Waals surface area (Å²) in [4.78, 5) is 27.4. The molecule has 5 heteroatoms. The molecule has 0 bridgehead atoms. The van der Waals surface area contributed by atoms with Crippen LogP contribution in [-0.4, -0.2) is 18.4 Å². The first-order valence-corrected chi connectivity index (χ1v) is 10.1. The van der Waals surface area contributed by atoms with Gasteiger partial charge in [0.05, 0.1) is 6.04 Å². The summed E-state index contributed by atoms with van der Waals surface area (Å²) < 4.78 is 13.2. The van der Waals surface area contributed by atoms with E-state index >= 15 is 0 Å². The van der Waals surface area contributed by atoms with Crippen molar-refractivity contribution in [3.05, 3.63) is 101 Å². The summed E-state index contributed by atoms with van der Waals surface area (Å²) in [6.07, 6.45) is 1.61. The van der Waals surface area contributed by atoms with E-state index in [9.17, 15) is 14.0 Å². The maximum atomic E-state index is 13.2. The lowest BCUT2D eigenvalue weighted by atomic mass is 9.98. The van der Waals surface area contributed by atoms with Gasteiger partial charge in [0.2, 0.25) is 0 Å². The highest BCUT2D eigenvalue weighted by molar-refractivity contribution is 6.07. The van der Waals surface area contributed by atoms with Crippen molar-refractivity contribution in [2.45, 2.75) is 25.8 Å². The van der Waals surface area contributed by atoms with Gasteiger partial charge in [0.1, 0.15) is 5.82 Å². The van der Waals surface area contributed by atoms with Gasteiger partial charge in [0.15, 0.2) is 0 Å². The van der Waals surface area contributed by atoms with Crippen LogP contribution in [0.2, 0.25) is 0 Å². The Morgan fingerprint density at radius 2 is 1.67 bits per heavy atom. The molecule has 0 saturated carbocycles. The molecule has 0 fully saturated rings. The van der Waals surface area contributed by atoms with E-state index in [0.717, 1.165) is 29.7 Å². The van der Waals surface area contributed by atoms with E-state index < -0.39 is 0 Å². The molecule has 3 aromatic carbocycles. The fourth-order valence-corrected chi connectivity index (χ4v) is 3.80. The number of hydrogen-bond donors (Lipinski definition) is 1. The molecule has 1 aliphatic heterocycles. The predicted octanol–water partition coefficient (Wildman–Crippen LogP) is 4.91. The highest BCUT2D eigenvalue weighted by Crippen LogP contribution is 2.29. The Balaban J connectivity index is 1.53. The van der Waals surface area contributed by atoms with E-state index in [1.54, 1.807) is 11.0 Å². The minimum atomic E-state index is -0.369. The smallest absolute Gasteiger partial charge is 0.258 e. The molecule has 4 nitrogen and oxygen atoms in total. The number of halogens is 1. The summed E-state index contributed by atoms with van der Waals surface area (Å²) in [5.41, 5.74) is 3.84. The number of carbonyl (C=O) groups excluding carboxylic acids is 2. The zero-order chi connectivity index (χ0) is 21.1. The molecule has 0 spiro atoms. The third-order valence-electron chi connectivity index (χ3n) is 5.44. The van der Waals surface area contributed by atoms with Gasteiger partial charge >= 0.3 is 0 Å². The molecule has 152 valence electrons. The average Bonchev–Trinajstić information content (AvgIpc) is 2.79. The Morgan fingerprint density at radius 3 is 2.40 bits per heavy atom. The second kappa shape index (κ2) is 8.49. The first kappa shape index (κ1) is 19.8. The SMILES string of the molecule is C[C@H](NC(=O)c1ccc2c(c1)CCCN2C(=O)c1ccc(F)cc1)c1ccccc1. The lowest BCUT2D eigenvalue weighted by Crippen LogP contribution is -2.35. The molecule has 4 rings (SSSR count). The fourth-order valence-electron chi connectivity index (χ4n) is 3.80. The Bertz CT molecular complexity index is 1060. The monoisotopic (exact) mass is 402 g/mol. The van der Waals surface area contributed by atoms with Crippen LogP contribution in [-0.2, 0) is 6.42 Å². The Morgan fingerprint density at radius 1 is 0.967 bits per heavy atom. The Labute approximate surface area is 175 Å². The van der Waals surface area contributed by atoms with Crippen LogP contribution in [0.1, 0.15) is 51.2 Å². The van der Waals surface area contributed by atoms with E-state index in [-0.39, 0.29) is 23.7 Å². The van der Waals surface area contributed by atoms with Crippen molar-refractivity contribution in [1.29, 1.82) is 0 Å². The van der Waals surface area contributed by atoms with E-state index in [0.29, 0.717) is 17.7 Å². The zero-order valence-electron chi connectivity index (χ0n) is 16.8. The summed E-state index contributed by atoms with van der Waals surface area (Å²) in [7, 11) is 0. The number of fused-ring (bicyclic) bond motifs is 1. The molecule has 0 unspecified atom stereocenters. The number of hydrogen-bond acceptors (Lipinski definition) is 2. The average molecular weight is 402 g/mol. The van der Waals surface area contributed by atoms with Crippen LogP contribution < -0.4 is 10.2 Å². The minimum Gasteiger partial charge on any atom is -0.346 e. The minimum absolute atomic E-state index is 0.105. The second-order valence-electron chi connectivity index (χ2n) is 7.52. The summed E-state index contributed by atoms with van der Waals surface area (Å²) in [5.74, 6) is -0.673. The van der Waals surface area contributed by atoms with Gasteiger partial charge in [-0.25, -0.2) is 4.39 Å². The van der Waals surface area contributed by atoms with E-state index in [4.69, 9.17) is 0 Å². The molecule has 1 heterocycles. The number of carbonyl (C=O) groups is 2. The molecular weight excluding hydrogens is 379 g/mol. The third kappa shape index (κ3) is 4.10. The number of aryl methyl sites for hydroxylation is 1. The maximum Gasteiger partial charge on any atom is 0.258 e. The molecule has 2 amide bonds. The normalized spacial score (nSPS) is 14.0. The van der Waals surface area contributed by atoms with Crippen LogP contribution in [0.5, 0.6) is 0 Å². The molecule has 0 saturated heterocycles. The van der Waals surface area contributed by atoms with E-state index in [1.165, 1.54) is 24.3 Å². The van der Waals surface area contributed by atoms with Gasteiger partial charge in [-0.1, -0.05) is 30.3 Å². The van der Waals surface area contributed by atoms with Gasteiger partial charge in [-0.05, 0) is 73.4 Å². The molecular formula is C25H23FN2O2. The summed E-state index contributed by atoms with van der Waals surface area (Å²) >= 11 is 0. The molecule has 0 aliphatic carbocycles. The molecule has 1 N–H and O–H groups in total. The fraction of sp³-hybridized carbons (Fsp3) is 0.200. The number of rotatable bonds is 4. The zero-order valence-corrected chi connectivity index (χ0v) is 16.8. The number of nitrogens with zero attached hydrogens (tertiary/aromatic N) is 1. The van der Waals surface area contributed by atoms with Crippen molar-refractivity contribution >= 4 is 17.5 Å². The van der Waals surface area contributed by atoms with Crippen molar-refractivity contribution in [1.82, 2.24) is 5.32 Å². The first-order valence-electron chi connectivity index (χ1n) is 10.1. The lowest BCUT2D eigenvalue weighted by molar-refractivity contribution is 0.0939. The summed E-state index contributed by atoms with van der Waals surface area (Å²) in [5, 5.41) is 3.03. The maximum absolute atomic E-state index is 13.2. The van der Waals surface area contributed by atoms with Crippen LogP contribution in [0.25, 0.3) is 0 Å². The van der Waals surface area contributed by atoms with Crippen molar-refractivity contribution in [3.8, 4) is 0 Å². The highest BCUT2D eigenvalue weighted by Gasteiger charge is 2.24. The van der Waals surface area contributed by atoms with Crippen LogP contribution in [0.3, 0.4) is 0 Å². The highest BCUT2D eigenvalue weighted by atomic mass is 19.1.